The molecule has 182 valence electrons. The highest BCUT2D eigenvalue weighted by molar-refractivity contribution is 5.92. The van der Waals surface area contributed by atoms with Gasteiger partial charge in [-0.2, -0.15) is 5.10 Å². The summed E-state index contributed by atoms with van der Waals surface area (Å²) >= 11 is 0. The second-order valence-corrected chi connectivity index (χ2v) is 8.72. The van der Waals surface area contributed by atoms with Crippen molar-refractivity contribution < 1.29 is 4.79 Å². The summed E-state index contributed by atoms with van der Waals surface area (Å²) in [5, 5.41) is 7.50. The second kappa shape index (κ2) is 9.15. The Morgan fingerprint density at radius 1 is 1.00 bits per heavy atom. The van der Waals surface area contributed by atoms with Gasteiger partial charge in [0, 0.05) is 35.8 Å². The number of amides is 1. The topological polar surface area (TPSA) is 119 Å². The van der Waals surface area contributed by atoms with Crippen LogP contribution in [0.3, 0.4) is 0 Å². The minimum atomic E-state index is -0.116. The molecular weight excluding hydrogens is 466 g/mol. The fraction of sp³-hybridized carbons (Fsp3) is 0.111. The highest BCUT2D eigenvalue weighted by Crippen LogP contribution is 2.24. The zero-order chi connectivity index (χ0) is 25.4. The maximum absolute atomic E-state index is 12.7. The number of nitrogens with one attached hydrogen (secondary N) is 2. The molecule has 0 aliphatic rings. The molecule has 4 aromatic heterocycles. The molecule has 0 unspecified atom stereocenters. The maximum Gasteiger partial charge on any atom is 0.230 e. The number of hydrogen-bond donors (Lipinski definition) is 2. The van der Waals surface area contributed by atoms with E-state index in [1.54, 1.807) is 11.0 Å². The van der Waals surface area contributed by atoms with Gasteiger partial charge in [0.2, 0.25) is 5.91 Å². The Balaban J connectivity index is 1.17. The van der Waals surface area contributed by atoms with Crippen molar-refractivity contribution >= 4 is 22.8 Å². The van der Waals surface area contributed by atoms with E-state index in [4.69, 9.17) is 0 Å². The van der Waals surface area contributed by atoms with Crippen LogP contribution in [0.25, 0.3) is 39.6 Å². The first kappa shape index (κ1) is 22.4. The van der Waals surface area contributed by atoms with Crippen LogP contribution in [-0.4, -0.2) is 45.2 Å². The Bertz CT molecular complexity index is 1710. The van der Waals surface area contributed by atoms with Gasteiger partial charge in [-0.15, -0.1) is 0 Å². The third kappa shape index (κ3) is 4.47. The van der Waals surface area contributed by atoms with Crippen LogP contribution in [0.4, 0.5) is 5.69 Å². The molecule has 4 heterocycles. The number of anilines is 1. The van der Waals surface area contributed by atoms with Crippen molar-refractivity contribution in [3.8, 4) is 28.5 Å². The molecule has 0 aliphatic heterocycles. The van der Waals surface area contributed by atoms with Gasteiger partial charge >= 0.3 is 0 Å². The molecule has 10 heteroatoms. The molecule has 10 nitrogen and oxygen atoms in total. The van der Waals surface area contributed by atoms with Crippen molar-refractivity contribution in [2.24, 2.45) is 7.05 Å². The van der Waals surface area contributed by atoms with Crippen molar-refractivity contribution in [2.75, 3.05) is 5.32 Å². The van der Waals surface area contributed by atoms with Crippen molar-refractivity contribution in [3.63, 3.8) is 0 Å². The number of H-pyrrole nitrogens is 1. The number of aryl methyl sites for hydroxylation is 2. The Morgan fingerprint density at radius 2 is 1.81 bits per heavy atom. The summed E-state index contributed by atoms with van der Waals surface area (Å²) in [6.07, 6.45) is 5.31. The lowest BCUT2D eigenvalue weighted by molar-refractivity contribution is -0.115. The van der Waals surface area contributed by atoms with Crippen molar-refractivity contribution in [2.45, 2.75) is 13.3 Å². The molecule has 0 saturated carbocycles. The van der Waals surface area contributed by atoms with E-state index in [-0.39, 0.29) is 12.3 Å². The van der Waals surface area contributed by atoms with Crippen LogP contribution < -0.4 is 5.32 Å². The van der Waals surface area contributed by atoms with Crippen LogP contribution in [0.5, 0.6) is 0 Å². The number of carbonyl (C=O) groups excluding carboxylic acids is 1. The standard InChI is InChI=1S/C27H23N9O/c1-17-14-36(16-30-17)27-24-26(28-15-29-27)33-25(32-24)19-8-10-20(11-9-19)31-23(37)13-21-12-22(34-35(21)2)18-6-4-3-5-7-18/h3-12,14-16H,13H2,1-2H3,(H,31,37)(H,28,29,32,33). The van der Waals surface area contributed by atoms with Crippen LogP contribution >= 0.6 is 0 Å². The number of rotatable bonds is 6. The molecule has 2 aromatic carbocycles. The Hall–Kier alpha value is -5.12. The van der Waals surface area contributed by atoms with E-state index in [1.807, 2.05) is 85.4 Å². The summed E-state index contributed by atoms with van der Waals surface area (Å²) in [5.74, 6) is 1.23. The van der Waals surface area contributed by atoms with E-state index in [0.29, 0.717) is 23.0 Å². The van der Waals surface area contributed by atoms with Crippen LogP contribution in [0.2, 0.25) is 0 Å². The predicted molar refractivity (Wildman–Crippen MR) is 140 cm³/mol. The molecule has 37 heavy (non-hydrogen) atoms. The lowest BCUT2D eigenvalue weighted by atomic mass is 10.1. The van der Waals surface area contributed by atoms with Crippen LogP contribution in [0.1, 0.15) is 11.4 Å². The number of aromatic amines is 1. The molecule has 0 aliphatic carbocycles. The maximum atomic E-state index is 12.7. The molecule has 0 saturated heterocycles. The molecule has 6 rings (SSSR count). The summed E-state index contributed by atoms with van der Waals surface area (Å²) in [4.78, 5) is 33.6. The fourth-order valence-corrected chi connectivity index (χ4v) is 4.19. The van der Waals surface area contributed by atoms with E-state index >= 15 is 0 Å². The third-order valence-electron chi connectivity index (χ3n) is 6.05. The summed E-state index contributed by atoms with van der Waals surface area (Å²) in [5.41, 5.74) is 6.44. The summed E-state index contributed by atoms with van der Waals surface area (Å²) in [6.45, 7) is 1.92. The zero-order valence-electron chi connectivity index (χ0n) is 20.3. The first-order valence-corrected chi connectivity index (χ1v) is 11.7. The minimum absolute atomic E-state index is 0.116. The Kier molecular flexibility index (Phi) is 5.53. The largest absolute Gasteiger partial charge is 0.334 e. The van der Waals surface area contributed by atoms with Crippen molar-refractivity contribution in [1.29, 1.82) is 0 Å². The molecule has 0 fully saturated rings. The molecule has 2 N–H and O–H groups in total. The quantitative estimate of drug-likeness (QED) is 0.364. The van der Waals surface area contributed by atoms with Gasteiger partial charge in [-0.25, -0.2) is 19.9 Å². The van der Waals surface area contributed by atoms with Gasteiger partial charge in [0.15, 0.2) is 11.5 Å². The molecule has 0 radical (unpaired) electrons. The van der Waals surface area contributed by atoms with E-state index < -0.39 is 0 Å². The number of hydrogen-bond acceptors (Lipinski definition) is 6. The number of aromatic nitrogens is 8. The third-order valence-corrected chi connectivity index (χ3v) is 6.05. The van der Waals surface area contributed by atoms with Crippen LogP contribution in [0.15, 0.2) is 79.5 Å². The molecule has 6 aromatic rings. The summed E-state index contributed by atoms with van der Waals surface area (Å²) in [6, 6.07) is 19.4. The minimum Gasteiger partial charge on any atom is -0.334 e. The smallest absolute Gasteiger partial charge is 0.230 e. The van der Waals surface area contributed by atoms with Gasteiger partial charge in [-0.1, -0.05) is 30.3 Å². The van der Waals surface area contributed by atoms with Gasteiger partial charge in [-0.05, 0) is 37.3 Å². The van der Waals surface area contributed by atoms with Gasteiger partial charge in [-0.3, -0.25) is 14.0 Å². The number of benzene rings is 2. The van der Waals surface area contributed by atoms with Crippen LogP contribution in [0, 0.1) is 6.92 Å². The molecular formula is C27H23N9O. The average Bonchev–Trinajstić information content (AvgIpc) is 3.63. The second-order valence-electron chi connectivity index (χ2n) is 8.72. The normalized spacial score (nSPS) is 11.2. The van der Waals surface area contributed by atoms with E-state index in [2.05, 4.69) is 35.3 Å². The number of imidazole rings is 2. The Morgan fingerprint density at radius 3 is 2.57 bits per heavy atom. The molecule has 0 bridgehead atoms. The first-order valence-electron chi connectivity index (χ1n) is 11.7. The van der Waals surface area contributed by atoms with Crippen molar-refractivity contribution in [1.82, 2.24) is 39.3 Å². The van der Waals surface area contributed by atoms with Gasteiger partial charge in [0.1, 0.15) is 24.0 Å². The van der Waals surface area contributed by atoms with E-state index in [1.165, 1.54) is 6.33 Å². The van der Waals surface area contributed by atoms with Crippen LogP contribution in [-0.2, 0) is 18.3 Å². The molecule has 0 spiro atoms. The number of carbonyl (C=O) groups is 1. The number of nitrogens with zero attached hydrogens (tertiary/aromatic N) is 7. The predicted octanol–water partition coefficient (Wildman–Crippen LogP) is 4.10. The van der Waals surface area contributed by atoms with E-state index in [0.717, 1.165) is 33.7 Å². The molecule has 0 atom stereocenters. The van der Waals surface area contributed by atoms with Gasteiger partial charge in [0.05, 0.1) is 17.8 Å². The lowest BCUT2D eigenvalue weighted by Crippen LogP contribution is -2.16. The first-order chi connectivity index (χ1) is 18.0. The molecule has 1 amide bonds. The highest BCUT2D eigenvalue weighted by Gasteiger charge is 2.14. The summed E-state index contributed by atoms with van der Waals surface area (Å²) < 4.78 is 3.58. The van der Waals surface area contributed by atoms with Gasteiger partial charge in [0.25, 0.3) is 0 Å². The average molecular weight is 490 g/mol. The SMILES string of the molecule is Cc1cn(-c2ncnc3nc(-c4ccc(NC(=O)Cc5cc(-c6ccccc6)nn5C)cc4)[nH]c23)cn1. The van der Waals surface area contributed by atoms with Gasteiger partial charge < -0.3 is 10.3 Å². The number of fused-ring (bicyclic) bond motifs is 1. The zero-order valence-corrected chi connectivity index (χ0v) is 20.3. The fourth-order valence-electron chi connectivity index (χ4n) is 4.19. The summed E-state index contributed by atoms with van der Waals surface area (Å²) in [7, 11) is 1.85. The Labute approximate surface area is 212 Å². The van der Waals surface area contributed by atoms with Crippen molar-refractivity contribution in [3.05, 3.63) is 90.9 Å². The highest BCUT2D eigenvalue weighted by atomic mass is 16.1. The lowest BCUT2D eigenvalue weighted by Gasteiger charge is -2.06. The van der Waals surface area contributed by atoms with E-state index in [9.17, 15) is 4.79 Å². The monoisotopic (exact) mass is 489 g/mol.